The fraction of sp³-hybridized carbons (Fsp3) is 0.400. The monoisotopic (exact) mass is 179 g/mol. The molecule has 0 fully saturated rings. The second-order valence-corrected chi connectivity index (χ2v) is 3.29. The smallest absolute Gasteiger partial charge is 0.115 e. The van der Waals surface area contributed by atoms with E-state index in [0.717, 1.165) is 12.0 Å². The summed E-state index contributed by atoms with van der Waals surface area (Å²) in [5, 5.41) is 11.9. The van der Waals surface area contributed by atoms with E-state index in [2.05, 4.69) is 5.18 Å². The summed E-state index contributed by atoms with van der Waals surface area (Å²) in [6.07, 6.45) is 0.825. The van der Waals surface area contributed by atoms with Gasteiger partial charge in [0.15, 0.2) is 0 Å². The van der Waals surface area contributed by atoms with E-state index in [4.69, 9.17) is 5.11 Å². The third kappa shape index (κ3) is 3.23. The van der Waals surface area contributed by atoms with E-state index in [1.165, 1.54) is 0 Å². The molecule has 0 aromatic heterocycles. The number of nitrogens with zero attached hydrogens (tertiary/aromatic N) is 1. The van der Waals surface area contributed by atoms with Crippen molar-refractivity contribution in [3.63, 3.8) is 0 Å². The average Bonchev–Trinajstić information content (AvgIpc) is 2.09. The first kappa shape index (κ1) is 9.71. The van der Waals surface area contributed by atoms with Crippen LogP contribution in [0, 0.1) is 10.8 Å². The van der Waals surface area contributed by atoms with Gasteiger partial charge in [0.1, 0.15) is 5.75 Å². The Bertz CT molecular complexity index is 269. The fourth-order valence-electron chi connectivity index (χ4n) is 1.23. The molecule has 0 spiro atoms. The van der Waals surface area contributed by atoms with Crippen LogP contribution in [-0.2, 0) is 6.42 Å². The number of phenolic OH excluding ortho intramolecular Hbond substituents is 1. The van der Waals surface area contributed by atoms with Gasteiger partial charge in [-0.2, -0.15) is 4.91 Å². The predicted molar refractivity (Wildman–Crippen MR) is 51.6 cm³/mol. The lowest BCUT2D eigenvalue weighted by atomic mass is 10.0. The summed E-state index contributed by atoms with van der Waals surface area (Å²) in [5.41, 5.74) is 1.12. The standard InChI is InChI=1S/C10H13NO2/c1-8(7-11-13)6-9-2-4-10(12)5-3-9/h2-5,8,12H,6-7H2,1H3/t8-/m0/s1. The predicted octanol–water partition coefficient (Wildman–Crippen LogP) is 2.34. The number of hydrogen-bond acceptors (Lipinski definition) is 3. The third-order valence-electron chi connectivity index (χ3n) is 1.91. The van der Waals surface area contributed by atoms with E-state index in [1.54, 1.807) is 12.1 Å². The average molecular weight is 179 g/mol. The van der Waals surface area contributed by atoms with Crippen molar-refractivity contribution in [3.8, 4) is 5.75 Å². The van der Waals surface area contributed by atoms with Crippen molar-refractivity contribution >= 4 is 0 Å². The second-order valence-electron chi connectivity index (χ2n) is 3.29. The first-order valence-electron chi connectivity index (χ1n) is 4.29. The van der Waals surface area contributed by atoms with Gasteiger partial charge in [-0.05, 0) is 30.0 Å². The van der Waals surface area contributed by atoms with E-state index < -0.39 is 0 Å². The third-order valence-corrected chi connectivity index (χ3v) is 1.91. The van der Waals surface area contributed by atoms with Crippen molar-refractivity contribution in [2.75, 3.05) is 6.54 Å². The molecule has 0 saturated heterocycles. The lowest BCUT2D eigenvalue weighted by Crippen LogP contribution is -2.02. The molecular weight excluding hydrogens is 166 g/mol. The molecule has 70 valence electrons. The SMILES string of the molecule is C[C@H](CN=O)Cc1ccc(O)cc1. The number of rotatable bonds is 4. The highest BCUT2D eigenvalue weighted by Gasteiger charge is 2.03. The van der Waals surface area contributed by atoms with Gasteiger partial charge in [0.25, 0.3) is 0 Å². The van der Waals surface area contributed by atoms with Crippen LogP contribution in [0.15, 0.2) is 29.4 Å². The van der Waals surface area contributed by atoms with Crippen LogP contribution in [-0.4, -0.2) is 11.7 Å². The molecule has 13 heavy (non-hydrogen) atoms. The van der Waals surface area contributed by atoms with Crippen LogP contribution >= 0.6 is 0 Å². The van der Waals surface area contributed by atoms with Gasteiger partial charge in [0.05, 0.1) is 6.54 Å². The van der Waals surface area contributed by atoms with Gasteiger partial charge in [-0.3, -0.25) is 0 Å². The lowest BCUT2D eigenvalue weighted by Gasteiger charge is -2.06. The summed E-state index contributed by atoms with van der Waals surface area (Å²) in [5.74, 6) is 0.534. The lowest BCUT2D eigenvalue weighted by molar-refractivity contribution is 0.474. The molecule has 0 aliphatic rings. The van der Waals surface area contributed by atoms with Gasteiger partial charge in [-0.1, -0.05) is 24.2 Å². The van der Waals surface area contributed by atoms with Crippen molar-refractivity contribution in [1.82, 2.24) is 0 Å². The molecule has 1 aromatic carbocycles. The molecule has 3 heteroatoms. The van der Waals surface area contributed by atoms with E-state index in [0.29, 0.717) is 6.54 Å². The Morgan fingerprint density at radius 1 is 1.38 bits per heavy atom. The molecule has 1 rings (SSSR count). The van der Waals surface area contributed by atoms with E-state index in [-0.39, 0.29) is 11.7 Å². The van der Waals surface area contributed by atoms with Crippen LogP contribution in [0.3, 0.4) is 0 Å². The Balaban J connectivity index is 2.53. The minimum atomic E-state index is 0.266. The van der Waals surface area contributed by atoms with Crippen LogP contribution in [0.2, 0.25) is 0 Å². The molecule has 0 aliphatic carbocycles. The Morgan fingerprint density at radius 2 is 2.00 bits per heavy atom. The fourth-order valence-corrected chi connectivity index (χ4v) is 1.23. The second kappa shape index (κ2) is 4.60. The van der Waals surface area contributed by atoms with Crippen LogP contribution in [0.1, 0.15) is 12.5 Å². The zero-order valence-corrected chi connectivity index (χ0v) is 7.60. The van der Waals surface area contributed by atoms with Crippen LogP contribution in [0.25, 0.3) is 0 Å². The molecule has 0 unspecified atom stereocenters. The Morgan fingerprint density at radius 3 is 2.54 bits per heavy atom. The molecule has 0 amide bonds. The van der Waals surface area contributed by atoms with Gasteiger partial charge in [0.2, 0.25) is 0 Å². The molecule has 0 bridgehead atoms. The number of hydrogen-bond donors (Lipinski definition) is 1. The summed E-state index contributed by atoms with van der Waals surface area (Å²) in [6, 6.07) is 7.01. The highest BCUT2D eigenvalue weighted by atomic mass is 16.3. The van der Waals surface area contributed by atoms with Crippen molar-refractivity contribution in [1.29, 1.82) is 0 Å². The van der Waals surface area contributed by atoms with Crippen molar-refractivity contribution in [3.05, 3.63) is 34.7 Å². The van der Waals surface area contributed by atoms with Crippen LogP contribution in [0.4, 0.5) is 0 Å². The van der Waals surface area contributed by atoms with Crippen molar-refractivity contribution < 1.29 is 5.11 Å². The van der Waals surface area contributed by atoms with Crippen LogP contribution < -0.4 is 0 Å². The van der Waals surface area contributed by atoms with Gasteiger partial charge in [-0.25, -0.2) is 0 Å². The molecule has 0 radical (unpaired) electrons. The molecule has 1 aromatic rings. The molecular formula is C10H13NO2. The summed E-state index contributed by atoms with van der Waals surface area (Å²) in [7, 11) is 0. The van der Waals surface area contributed by atoms with Crippen molar-refractivity contribution in [2.45, 2.75) is 13.3 Å². The summed E-state index contributed by atoms with van der Waals surface area (Å²) < 4.78 is 0. The molecule has 1 atom stereocenters. The maximum Gasteiger partial charge on any atom is 0.115 e. The van der Waals surface area contributed by atoms with Gasteiger partial charge in [0, 0.05) is 0 Å². The quantitative estimate of drug-likeness (QED) is 0.721. The number of benzene rings is 1. The largest absolute Gasteiger partial charge is 0.508 e. The Labute approximate surface area is 77.4 Å². The highest BCUT2D eigenvalue weighted by Crippen LogP contribution is 2.13. The van der Waals surface area contributed by atoms with Crippen molar-refractivity contribution in [2.24, 2.45) is 11.1 Å². The Kier molecular flexibility index (Phi) is 3.43. The first-order chi connectivity index (χ1) is 6.22. The number of phenols is 1. The van der Waals surface area contributed by atoms with E-state index in [9.17, 15) is 4.91 Å². The van der Waals surface area contributed by atoms with Gasteiger partial charge in [-0.15, -0.1) is 0 Å². The number of aromatic hydroxyl groups is 1. The maximum absolute atomic E-state index is 9.97. The molecule has 0 aliphatic heterocycles. The summed E-state index contributed by atoms with van der Waals surface area (Å²) in [4.78, 5) is 9.97. The van der Waals surface area contributed by atoms with Gasteiger partial charge >= 0.3 is 0 Å². The molecule has 3 nitrogen and oxygen atoms in total. The normalized spacial score (nSPS) is 12.4. The molecule has 1 N–H and O–H groups in total. The van der Waals surface area contributed by atoms with Crippen LogP contribution in [0.5, 0.6) is 5.75 Å². The summed E-state index contributed by atoms with van der Waals surface area (Å²) in [6.45, 7) is 2.33. The van der Waals surface area contributed by atoms with Gasteiger partial charge < -0.3 is 5.11 Å². The minimum absolute atomic E-state index is 0.266. The molecule has 0 heterocycles. The molecule has 0 saturated carbocycles. The van der Waals surface area contributed by atoms with E-state index in [1.807, 2.05) is 19.1 Å². The minimum Gasteiger partial charge on any atom is -0.508 e. The highest BCUT2D eigenvalue weighted by molar-refractivity contribution is 5.26. The number of nitroso groups, excluding NO2 is 1. The maximum atomic E-state index is 9.97. The Hall–Kier alpha value is -1.38. The topological polar surface area (TPSA) is 49.7 Å². The summed E-state index contributed by atoms with van der Waals surface area (Å²) >= 11 is 0. The zero-order valence-electron chi connectivity index (χ0n) is 7.60. The first-order valence-corrected chi connectivity index (χ1v) is 4.29. The zero-order chi connectivity index (χ0) is 9.68. The van der Waals surface area contributed by atoms with E-state index >= 15 is 0 Å².